The molecule has 0 heterocycles. The molecule has 1 aromatic carbocycles. The summed E-state index contributed by atoms with van der Waals surface area (Å²) in [5.41, 5.74) is 0.141. The lowest BCUT2D eigenvalue weighted by atomic mass is 10.1. The Morgan fingerprint density at radius 2 is 1.73 bits per heavy atom. The summed E-state index contributed by atoms with van der Waals surface area (Å²) in [4.78, 5) is 0. The zero-order valence-corrected chi connectivity index (χ0v) is 6.11. The number of benzene rings is 1. The molecule has 0 N–H and O–H groups in total. The minimum Gasteiger partial charge on any atom is -0.207 e. The van der Waals surface area contributed by atoms with Crippen LogP contribution in [-0.4, -0.2) is 0 Å². The van der Waals surface area contributed by atoms with E-state index in [1.54, 1.807) is 0 Å². The molecule has 0 bridgehead atoms. The van der Waals surface area contributed by atoms with Gasteiger partial charge in [-0.25, -0.2) is 8.78 Å². The van der Waals surface area contributed by atoms with Crippen LogP contribution in [0.25, 0.3) is 0 Å². The second-order valence-corrected chi connectivity index (χ2v) is 2.30. The molecule has 0 saturated heterocycles. The standard InChI is InChI=1S/C9H9F2/c1-2-4-7-8(10)5-3-6-9(7)11/h3,5-6H,1-2,4H2. The number of hydrogen-bond acceptors (Lipinski definition) is 0. The summed E-state index contributed by atoms with van der Waals surface area (Å²) in [5.74, 6) is -0.956. The quantitative estimate of drug-likeness (QED) is 0.616. The highest BCUT2D eigenvalue weighted by Crippen LogP contribution is 2.13. The molecule has 0 saturated carbocycles. The van der Waals surface area contributed by atoms with Crippen LogP contribution >= 0.6 is 0 Å². The summed E-state index contributed by atoms with van der Waals surface area (Å²) in [5, 5.41) is 0. The van der Waals surface area contributed by atoms with E-state index in [0.29, 0.717) is 12.8 Å². The van der Waals surface area contributed by atoms with Crippen molar-refractivity contribution in [2.75, 3.05) is 0 Å². The van der Waals surface area contributed by atoms with Crippen molar-refractivity contribution in [2.45, 2.75) is 12.8 Å². The van der Waals surface area contributed by atoms with Gasteiger partial charge in [-0.1, -0.05) is 13.0 Å². The van der Waals surface area contributed by atoms with Gasteiger partial charge < -0.3 is 0 Å². The van der Waals surface area contributed by atoms with Crippen molar-refractivity contribution < 1.29 is 8.78 Å². The molecule has 11 heavy (non-hydrogen) atoms. The third-order valence-electron chi connectivity index (χ3n) is 1.49. The minimum absolute atomic E-state index is 0.141. The van der Waals surface area contributed by atoms with E-state index in [4.69, 9.17) is 0 Å². The molecule has 0 aliphatic rings. The first-order valence-electron chi connectivity index (χ1n) is 3.48. The topological polar surface area (TPSA) is 0 Å². The van der Waals surface area contributed by atoms with Crippen molar-refractivity contribution in [3.8, 4) is 0 Å². The number of hydrogen-bond donors (Lipinski definition) is 0. The minimum atomic E-state index is -0.478. The first kappa shape index (κ1) is 8.18. The predicted octanol–water partition coefficient (Wildman–Crippen LogP) is 2.73. The van der Waals surface area contributed by atoms with Gasteiger partial charge in [-0.05, 0) is 25.0 Å². The van der Waals surface area contributed by atoms with Gasteiger partial charge in [-0.2, -0.15) is 0 Å². The molecule has 0 unspecified atom stereocenters. The lowest BCUT2D eigenvalue weighted by Crippen LogP contribution is -1.93. The Morgan fingerprint density at radius 3 is 2.18 bits per heavy atom. The lowest BCUT2D eigenvalue weighted by molar-refractivity contribution is 0.555. The summed E-state index contributed by atoms with van der Waals surface area (Å²) >= 11 is 0. The van der Waals surface area contributed by atoms with Gasteiger partial charge in [0.05, 0.1) is 0 Å². The van der Waals surface area contributed by atoms with Gasteiger partial charge in [0.15, 0.2) is 0 Å². The molecule has 59 valence electrons. The second-order valence-electron chi connectivity index (χ2n) is 2.30. The molecule has 0 aliphatic carbocycles. The van der Waals surface area contributed by atoms with Crippen LogP contribution in [0.1, 0.15) is 12.0 Å². The van der Waals surface area contributed by atoms with Gasteiger partial charge in [0.2, 0.25) is 0 Å². The fraction of sp³-hybridized carbons (Fsp3) is 0.222. The van der Waals surface area contributed by atoms with E-state index in [-0.39, 0.29) is 5.56 Å². The second kappa shape index (κ2) is 3.46. The third kappa shape index (κ3) is 1.76. The molecule has 0 aromatic heterocycles. The Morgan fingerprint density at radius 1 is 1.18 bits per heavy atom. The van der Waals surface area contributed by atoms with E-state index in [0.717, 1.165) is 0 Å². The fourth-order valence-electron chi connectivity index (χ4n) is 0.948. The zero-order chi connectivity index (χ0) is 8.27. The van der Waals surface area contributed by atoms with Gasteiger partial charge in [-0.3, -0.25) is 0 Å². The van der Waals surface area contributed by atoms with E-state index in [9.17, 15) is 8.78 Å². The van der Waals surface area contributed by atoms with Gasteiger partial charge in [0.1, 0.15) is 11.6 Å². The molecule has 2 heteroatoms. The van der Waals surface area contributed by atoms with Crippen LogP contribution in [0.4, 0.5) is 8.78 Å². The molecule has 0 fully saturated rings. The number of rotatable bonds is 2. The van der Waals surface area contributed by atoms with E-state index in [1.807, 2.05) is 0 Å². The Labute approximate surface area is 64.9 Å². The summed E-state index contributed by atoms with van der Waals surface area (Å²) < 4.78 is 25.5. The molecular formula is C9H9F2. The maximum atomic E-state index is 12.8. The van der Waals surface area contributed by atoms with Crippen molar-refractivity contribution in [1.29, 1.82) is 0 Å². The van der Waals surface area contributed by atoms with Gasteiger partial charge in [0, 0.05) is 5.56 Å². The maximum absolute atomic E-state index is 12.8. The molecule has 0 aliphatic heterocycles. The monoisotopic (exact) mass is 155 g/mol. The Hall–Kier alpha value is -0.920. The van der Waals surface area contributed by atoms with Crippen LogP contribution < -0.4 is 0 Å². The molecule has 0 amide bonds. The third-order valence-corrected chi connectivity index (χ3v) is 1.49. The molecule has 0 atom stereocenters. The highest BCUT2D eigenvalue weighted by Gasteiger charge is 2.05. The first-order valence-corrected chi connectivity index (χ1v) is 3.48. The summed E-state index contributed by atoms with van der Waals surface area (Å²) in [6.45, 7) is 3.53. The first-order chi connectivity index (χ1) is 5.25. The van der Waals surface area contributed by atoms with E-state index in [1.165, 1.54) is 18.2 Å². The summed E-state index contributed by atoms with van der Waals surface area (Å²) in [7, 11) is 0. The zero-order valence-electron chi connectivity index (χ0n) is 6.11. The van der Waals surface area contributed by atoms with Crippen LogP contribution in [-0.2, 0) is 6.42 Å². The van der Waals surface area contributed by atoms with Gasteiger partial charge in [0.25, 0.3) is 0 Å². The average molecular weight is 155 g/mol. The van der Waals surface area contributed by atoms with Gasteiger partial charge >= 0.3 is 0 Å². The van der Waals surface area contributed by atoms with Crippen molar-refractivity contribution in [2.24, 2.45) is 0 Å². The molecule has 1 radical (unpaired) electrons. The van der Waals surface area contributed by atoms with Crippen LogP contribution in [0.15, 0.2) is 18.2 Å². The fourth-order valence-corrected chi connectivity index (χ4v) is 0.948. The van der Waals surface area contributed by atoms with Crippen LogP contribution in [0.5, 0.6) is 0 Å². The summed E-state index contributed by atoms with van der Waals surface area (Å²) in [6, 6.07) is 3.87. The Balaban J connectivity index is 3.00. The van der Waals surface area contributed by atoms with Crippen molar-refractivity contribution in [3.63, 3.8) is 0 Å². The van der Waals surface area contributed by atoms with Crippen LogP contribution in [0, 0.1) is 18.6 Å². The predicted molar refractivity (Wildman–Crippen MR) is 40.0 cm³/mol. The largest absolute Gasteiger partial charge is 0.207 e. The molecule has 1 rings (SSSR count). The van der Waals surface area contributed by atoms with Crippen molar-refractivity contribution in [3.05, 3.63) is 42.3 Å². The van der Waals surface area contributed by atoms with E-state index >= 15 is 0 Å². The van der Waals surface area contributed by atoms with Crippen LogP contribution in [0.2, 0.25) is 0 Å². The average Bonchev–Trinajstić information content (AvgIpc) is 1.97. The highest BCUT2D eigenvalue weighted by atomic mass is 19.1. The lowest BCUT2D eigenvalue weighted by Gasteiger charge is -2.00. The molecule has 1 aromatic rings. The highest BCUT2D eigenvalue weighted by molar-refractivity contribution is 5.19. The number of halogens is 2. The van der Waals surface area contributed by atoms with Crippen molar-refractivity contribution >= 4 is 0 Å². The Bertz CT molecular complexity index is 223. The van der Waals surface area contributed by atoms with Crippen LogP contribution in [0.3, 0.4) is 0 Å². The normalized spacial score (nSPS) is 10.1. The van der Waals surface area contributed by atoms with Crippen molar-refractivity contribution in [1.82, 2.24) is 0 Å². The van der Waals surface area contributed by atoms with Gasteiger partial charge in [-0.15, -0.1) is 0 Å². The van der Waals surface area contributed by atoms with E-state index in [2.05, 4.69) is 6.92 Å². The molecule has 0 nitrogen and oxygen atoms in total. The SMILES string of the molecule is [CH2]CCc1c(F)cccc1F. The Kier molecular flexibility index (Phi) is 2.58. The smallest absolute Gasteiger partial charge is 0.129 e. The maximum Gasteiger partial charge on any atom is 0.129 e. The molecular weight excluding hydrogens is 146 g/mol. The summed E-state index contributed by atoms with van der Waals surface area (Å²) in [6.07, 6.45) is 0.871. The molecule has 0 spiro atoms. The van der Waals surface area contributed by atoms with E-state index < -0.39 is 11.6 Å².